The third-order valence-corrected chi connectivity index (χ3v) is 13.8. The Morgan fingerprint density at radius 3 is 2.17 bits per heavy atom. The normalized spacial score (nSPS) is 20.3. The van der Waals surface area contributed by atoms with E-state index in [0.29, 0.717) is 18.7 Å². The average molecular weight is 881 g/mol. The first-order valence-corrected chi connectivity index (χ1v) is 23.5. The number of Topliss-reactive ketones (excluding diaryl/α,β-unsaturated/α-hetero) is 1. The van der Waals surface area contributed by atoms with E-state index in [9.17, 15) is 19.5 Å². The number of anilines is 1. The molecule has 5 N–H and O–H groups in total. The summed E-state index contributed by atoms with van der Waals surface area (Å²) in [5.41, 5.74) is 10.00. The first-order valence-electron chi connectivity index (χ1n) is 22.7. The van der Waals surface area contributed by atoms with Crippen LogP contribution in [-0.2, 0) is 29.1 Å². The first-order chi connectivity index (χ1) is 30.8. The summed E-state index contributed by atoms with van der Waals surface area (Å²) in [5.74, 6) is -0.574. The molecule has 6 atom stereocenters. The standard InChI is InChI=1S/C51H60N8O4S/c1-6-7-38-25-45(59-44(56-38)22-23-55-59)57-39-20-21-40(24-39)58-49(62)37-18-16-35(17-19-37)34-12-8-32(9-13-34)28-52-48(51(3,4)5)46(61)42-26-41(60)27-43(42)50(63)53-29-33-10-14-36(15-11-33)47-31(2)54-30-64-47/h8-19,22-23,25,30,39-43,48,52,57,60H,6-7,20-21,24,26-29H2,1-5H3,(H,53,63)(H,58,62)/t39-,40?,41+,42?,43-,48-/m1/s1. The van der Waals surface area contributed by atoms with Gasteiger partial charge in [0.2, 0.25) is 5.91 Å². The fourth-order valence-corrected chi connectivity index (χ4v) is 10.2. The predicted molar refractivity (Wildman–Crippen MR) is 253 cm³/mol. The topological polar surface area (TPSA) is 163 Å². The lowest BCUT2D eigenvalue weighted by molar-refractivity contribution is -0.135. The van der Waals surface area contributed by atoms with E-state index in [0.717, 1.165) is 87.7 Å². The first kappa shape index (κ1) is 44.8. The van der Waals surface area contributed by atoms with Gasteiger partial charge in [0.05, 0.1) is 40.3 Å². The minimum Gasteiger partial charge on any atom is -0.393 e. The molecule has 2 fully saturated rings. The Morgan fingerprint density at radius 2 is 1.50 bits per heavy atom. The maximum absolute atomic E-state index is 14.3. The molecule has 0 radical (unpaired) electrons. The summed E-state index contributed by atoms with van der Waals surface area (Å²) >= 11 is 1.60. The molecule has 3 aromatic carbocycles. The number of carbonyl (C=O) groups is 3. The fourth-order valence-electron chi connectivity index (χ4n) is 9.36. The molecule has 334 valence electrons. The molecule has 2 saturated carbocycles. The largest absolute Gasteiger partial charge is 0.393 e. The van der Waals surface area contributed by atoms with Gasteiger partial charge in [-0.25, -0.2) is 9.97 Å². The third kappa shape index (κ3) is 10.4. The zero-order valence-corrected chi connectivity index (χ0v) is 38.3. The number of rotatable bonds is 16. The Kier molecular flexibility index (Phi) is 13.7. The van der Waals surface area contributed by atoms with E-state index >= 15 is 0 Å². The van der Waals surface area contributed by atoms with Crippen LogP contribution >= 0.6 is 11.3 Å². The van der Waals surface area contributed by atoms with E-state index in [4.69, 9.17) is 4.98 Å². The lowest BCUT2D eigenvalue weighted by Gasteiger charge is -2.33. The van der Waals surface area contributed by atoms with Crippen molar-refractivity contribution in [2.75, 3.05) is 5.32 Å². The molecular formula is C51H60N8O4S. The van der Waals surface area contributed by atoms with Crippen molar-refractivity contribution in [3.05, 3.63) is 125 Å². The van der Waals surface area contributed by atoms with Crippen molar-refractivity contribution in [3.8, 4) is 21.6 Å². The van der Waals surface area contributed by atoms with Gasteiger partial charge in [-0.1, -0.05) is 94.8 Å². The van der Waals surface area contributed by atoms with Gasteiger partial charge in [0, 0.05) is 54.5 Å². The molecule has 13 heteroatoms. The third-order valence-electron chi connectivity index (χ3n) is 12.8. The van der Waals surface area contributed by atoms with Gasteiger partial charge in [-0.3, -0.25) is 14.4 Å². The summed E-state index contributed by atoms with van der Waals surface area (Å²) < 4.78 is 1.85. The van der Waals surface area contributed by atoms with Crippen molar-refractivity contribution in [3.63, 3.8) is 0 Å². The van der Waals surface area contributed by atoms with E-state index in [-0.39, 0.29) is 42.5 Å². The monoisotopic (exact) mass is 880 g/mol. The number of thiazole rings is 1. The van der Waals surface area contributed by atoms with Crippen LogP contribution in [0.3, 0.4) is 0 Å². The van der Waals surface area contributed by atoms with E-state index in [1.54, 1.807) is 17.5 Å². The Hall–Kier alpha value is -5.76. The number of benzene rings is 3. The number of aryl methyl sites for hydroxylation is 2. The van der Waals surface area contributed by atoms with Crippen LogP contribution in [0.4, 0.5) is 5.82 Å². The summed E-state index contributed by atoms with van der Waals surface area (Å²) in [6.45, 7) is 11.0. The summed E-state index contributed by atoms with van der Waals surface area (Å²) in [5, 5.41) is 28.7. The second-order valence-corrected chi connectivity index (χ2v) is 19.5. The number of nitrogens with zero attached hydrogens (tertiary/aromatic N) is 4. The van der Waals surface area contributed by atoms with Crippen LogP contribution in [0.15, 0.2) is 96.6 Å². The van der Waals surface area contributed by atoms with Crippen LogP contribution in [0.2, 0.25) is 0 Å². The van der Waals surface area contributed by atoms with Gasteiger partial charge in [0.15, 0.2) is 11.4 Å². The van der Waals surface area contributed by atoms with Crippen molar-refractivity contribution < 1.29 is 19.5 Å². The average Bonchev–Trinajstić information content (AvgIpc) is 4.11. The number of amides is 2. The highest BCUT2D eigenvalue weighted by atomic mass is 32.1. The van der Waals surface area contributed by atoms with Crippen LogP contribution in [0.1, 0.15) is 99.1 Å². The number of nitrogens with one attached hydrogen (secondary N) is 4. The molecule has 12 nitrogen and oxygen atoms in total. The van der Waals surface area contributed by atoms with E-state index < -0.39 is 29.4 Å². The molecule has 3 aromatic heterocycles. The second kappa shape index (κ2) is 19.5. The van der Waals surface area contributed by atoms with E-state index in [1.165, 1.54) is 0 Å². The summed E-state index contributed by atoms with van der Waals surface area (Å²) in [6.07, 6.45) is 6.21. The lowest BCUT2D eigenvalue weighted by Crippen LogP contribution is -2.50. The summed E-state index contributed by atoms with van der Waals surface area (Å²) in [7, 11) is 0. The maximum Gasteiger partial charge on any atom is 0.251 e. The molecule has 64 heavy (non-hydrogen) atoms. The Balaban J connectivity index is 0.827. The number of hydrogen-bond acceptors (Lipinski definition) is 10. The number of aliphatic hydroxyl groups is 1. The molecule has 2 aliphatic rings. The molecule has 0 aliphatic heterocycles. The number of aromatic nitrogens is 4. The highest BCUT2D eigenvalue weighted by Gasteiger charge is 2.46. The van der Waals surface area contributed by atoms with Gasteiger partial charge in [-0.2, -0.15) is 9.61 Å². The quantitative estimate of drug-likeness (QED) is 0.0644. The Bertz CT molecular complexity index is 2560. The van der Waals surface area contributed by atoms with Crippen molar-refractivity contribution in [2.24, 2.45) is 17.3 Å². The van der Waals surface area contributed by atoms with Crippen LogP contribution in [0.25, 0.3) is 27.2 Å². The highest BCUT2D eigenvalue weighted by molar-refractivity contribution is 7.13. The van der Waals surface area contributed by atoms with Crippen LogP contribution in [-0.4, -0.2) is 66.5 Å². The minimum atomic E-state index is -0.710. The number of hydrogen-bond donors (Lipinski definition) is 5. The second-order valence-electron chi connectivity index (χ2n) is 18.7. The molecule has 2 amide bonds. The zero-order valence-electron chi connectivity index (χ0n) is 37.4. The maximum atomic E-state index is 14.3. The van der Waals surface area contributed by atoms with Gasteiger partial charge < -0.3 is 26.4 Å². The van der Waals surface area contributed by atoms with Crippen molar-refractivity contribution in [1.82, 2.24) is 35.5 Å². The van der Waals surface area contributed by atoms with Gasteiger partial charge in [0.1, 0.15) is 5.82 Å². The minimum absolute atomic E-state index is 0.0411. The highest BCUT2D eigenvalue weighted by Crippen LogP contribution is 2.37. The number of fused-ring (bicyclic) bond motifs is 1. The Labute approximate surface area is 379 Å². The number of carbonyl (C=O) groups excluding carboxylic acids is 3. The van der Waals surface area contributed by atoms with Crippen molar-refractivity contribution in [2.45, 2.75) is 117 Å². The zero-order chi connectivity index (χ0) is 45.0. The Morgan fingerprint density at radius 1 is 0.844 bits per heavy atom. The predicted octanol–water partition coefficient (Wildman–Crippen LogP) is 8.32. The molecule has 6 aromatic rings. The summed E-state index contributed by atoms with van der Waals surface area (Å²) in [4.78, 5) is 51.4. The van der Waals surface area contributed by atoms with Gasteiger partial charge in [-0.15, -0.1) is 11.3 Å². The number of ketones is 1. The molecule has 0 spiro atoms. The van der Waals surface area contributed by atoms with Gasteiger partial charge >= 0.3 is 0 Å². The lowest BCUT2D eigenvalue weighted by atomic mass is 9.77. The number of aliphatic hydroxyl groups excluding tert-OH is 1. The van der Waals surface area contributed by atoms with E-state index in [2.05, 4.69) is 56.5 Å². The fraction of sp³-hybridized carbons (Fsp3) is 0.412. The van der Waals surface area contributed by atoms with Gasteiger partial charge in [0.25, 0.3) is 5.91 Å². The molecular weight excluding hydrogens is 821 g/mol. The molecule has 0 bridgehead atoms. The molecule has 8 rings (SSSR count). The molecule has 2 unspecified atom stereocenters. The summed E-state index contributed by atoms with van der Waals surface area (Å²) in [6, 6.07) is 27.8. The SMILES string of the molecule is CCCc1cc(N[C@@H]2CCC(NC(=O)c3ccc(-c4ccc(CN[C@H](C(=O)C5C[C@H](O)C[C@H]5C(=O)NCc5ccc(-c6scnc6C)cc5)C(C)(C)C)cc4)cc3)C2)n2nccc2n1. The van der Waals surface area contributed by atoms with Crippen LogP contribution in [0.5, 0.6) is 0 Å². The van der Waals surface area contributed by atoms with E-state index in [1.807, 2.05) is 104 Å². The smallest absolute Gasteiger partial charge is 0.251 e. The van der Waals surface area contributed by atoms with Crippen LogP contribution in [0, 0.1) is 24.2 Å². The van der Waals surface area contributed by atoms with Crippen molar-refractivity contribution >= 4 is 40.4 Å². The van der Waals surface area contributed by atoms with Crippen LogP contribution < -0.4 is 21.3 Å². The van der Waals surface area contributed by atoms with Crippen molar-refractivity contribution in [1.29, 1.82) is 0 Å². The molecule has 0 saturated heterocycles. The molecule has 3 heterocycles. The van der Waals surface area contributed by atoms with Gasteiger partial charge in [-0.05, 0) is 90.8 Å². The molecule has 2 aliphatic carbocycles.